The Balaban J connectivity index is 2.83. The van der Waals surface area contributed by atoms with Crippen molar-refractivity contribution in [1.82, 2.24) is 0 Å². The van der Waals surface area contributed by atoms with Crippen LogP contribution in [-0.4, -0.2) is 23.3 Å². The average molecular weight is 256 g/mol. The summed E-state index contributed by atoms with van der Waals surface area (Å²) in [6.07, 6.45) is 2.06. The quantitative estimate of drug-likeness (QED) is 0.819. The number of rotatable bonds is 2. The molecule has 0 aromatic carbocycles. The van der Waals surface area contributed by atoms with Gasteiger partial charge < -0.3 is 9.84 Å². The minimum atomic E-state index is -0.762. The van der Waals surface area contributed by atoms with Gasteiger partial charge in [0.15, 0.2) is 0 Å². The Hall–Kier alpha value is -0.570. The molecule has 0 aromatic heterocycles. The zero-order valence-electron chi connectivity index (χ0n) is 12.6. The Labute approximate surface area is 111 Å². The van der Waals surface area contributed by atoms with Gasteiger partial charge in [-0.2, -0.15) is 0 Å². The summed E-state index contributed by atoms with van der Waals surface area (Å²) in [5, 5.41) is 8.90. The maximum Gasteiger partial charge on any atom is 0.305 e. The van der Waals surface area contributed by atoms with Gasteiger partial charge in [-0.3, -0.25) is 4.79 Å². The van der Waals surface area contributed by atoms with Gasteiger partial charge in [0, 0.05) is 0 Å². The van der Waals surface area contributed by atoms with Gasteiger partial charge >= 0.3 is 5.97 Å². The molecule has 0 radical (unpaired) electrons. The van der Waals surface area contributed by atoms with Crippen molar-refractivity contribution in [3.63, 3.8) is 0 Å². The predicted octanol–water partition coefficient (Wildman–Crippen LogP) is 3.72. The molecule has 0 aromatic rings. The molecule has 0 spiro atoms. The van der Waals surface area contributed by atoms with E-state index in [0.29, 0.717) is 5.92 Å². The van der Waals surface area contributed by atoms with Gasteiger partial charge in [0.1, 0.15) is 0 Å². The van der Waals surface area contributed by atoms with E-state index >= 15 is 0 Å². The van der Waals surface area contributed by atoms with E-state index in [1.807, 2.05) is 0 Å². The van der Waals surface area contributed by atoms with Crippen molar-refractivity contribution < 1.29 is 14.6 Å². The van der Waals surface area contributed by atoms with Gasteiger partial charge in [-0.15, -0.1) is 0 Å². The fraction of sp³-hybridized carbons (Fsp3) is 0.933. The fourth-order valence-electron chi connectivity index (χ4n) is 2.93. The molecule has 3 heteroatoms. The fourth-order valence-corrected chi connectivity index (χ4v) is 2.93. The molecule has 106 valence electrons. The van der Waals surface area contributed by atoms with Gasteiger partial charge in [0.05, 0.1) is 18.6 Å². The molecular formula is C15H28O3. The summed E-state index contributed by atoms with van der Waals surface area (Å²) in [5.74, 6) is -0.274. The first-order valence-electron chi connectivity index (χ1n) is 6.89. The molecule has 1 saturated heterocycles. The van der Waals surface area contributed by atoms with Crippen LogP contribution in [0.3, 0.4) is 0 Å². The molecule has 3 nitrogen and oxygen atoms in total. The van der Waals surface area contributed by atoms with Crippen molar-refractivity contribution in [2.24, 2.45) is 16.7 Å². The summed E-state index contributed by atoms with van der Waals surface area (Å²) in [6, 6.07) is 0. The van der Waals surface area contributed by atoms with Crippen molar-refractivity contribution in [2.45, 2.75) is 73.0 Å². The van der Waals surface area contributed by atoms with Crippen molar-refractivity contribution in [3.8, 4) is 0 Å². The van der Waals surface area contributed by atoms with Crippen LogP contribution >= 0.6 is 0 Å². The molecule has 0 aliphatic carbocycles. The molecule has 1 aliphatic rings. The normalized spacial score (nSPS) is 30.2. The second-order valence-electron chi connectivity index (χ2n) is 7.69. The number of hydrogen-bond acceptors (Lipinski definition) is 2. The zero-order valence-corrected chi connectivity index (χ0v) is 12.6. The maximum absolute atomic E-state index is 10.8. The van der Waals surface area contributed by atoms with E-state index in [0.717, 1.165) is 12.8 Å². The van der Waals surface area contributed by atoms with Crippen LogP contribution in [0.4, 0.5) is 0 Å². The molecule has 3 unspecified atom stereocenters. The van der Waals surface area contributed by atoms with Gasteiger partial charge in [0.2, 0.25) is 0 Å². The van der Waals surface area contributed by atoms with Crippen molar-refractivity contribution in [1.29, 1.82) is 0 Å². The van der Waals surface area contributed by atoms with E-state index in [2.05, 4.69) is 41.5 Å². The Morgan fingerprint density at radius 2 is 1.67 bits per heavy atom. The first-order valence-corrected chi connectivity index (χ1v) is 6.89. The van der Waals surface area contributed by atoms with Gasteiger partial charge in [-0.05, 0) is 29.6 Å². The van der Waals surface area contributed by atoms with Crippen molar-refractivity contribution in [2.75, 3.05) is 0 Å². The largest absolute Gasteiger partial charge is 0.481 e. The molecule has 1 heterocycles. The van der Waals surface area contributed by atoms with Gasteiger partial charge in [0.25, 0.3) is 0 Å². The minimum absolute atomic E-state index is 0.0507. The molecular weight excluding hydrogens is 228 g/mol. The predicted molar refractivity (Wildman–Crippen MR) is 72.5 cm³/mol. The third-order valence-corrected chi connectivity index (χ3v) is 3.87. The lowest BCUT2D eigenvalue weighted by Crippen LogP contribution is -2.48. The van der Waals surface area contributed by atoms with E-state index in [4.69, 9.17) is 9.84 Å². The summed E-state index contributed by atoms with van der Waals surface area (Å²) < 4.78 is 6.12. The second-order valence-corrected chi connectivity index (χ2v) is 7.69. The van der Waals surface area contributed by atoms with E-state index in [1.54, 1.807) is 0 Å². The van der Waals surface area contributed by atoms with E-state index < -0.39 is 5.97 Å². The summed E-state index contributed by atoms with van der Waals surface area (Å²) in [6.45, 7) is 13.3. The van der Waals surface area contributed by atoms with Crippen LogP contribution in [0, 0.1) is 16.7 Å². The molecule has 3 atom stereocenters. The Morgan fingerprint density at radius 1 is 1.11 bits per heavy atom. The summed E-state index contributed by atoms with van der Waals surface area (Å²) in [4.78, 5) is 10.8. The van der Waals surface area contributed by atoms with Crippen molar-refractivity contribution >= 4 is 5.97 Å². The highest BCUT2D eigenvalue weighted by atomic mass is 16.5. The molecule has 0 amide bonds. The van der Waals surface area contributed by atoms with E-state index in [-0.39, 0.29) is 29.5 Å². The number of carboxylic acids is 1. The molecule has 1 rings (SSSR count). The molecule has 1 fully saturated rings. The number of hydrogen-bond donors (Lipinski definition) is 1. The lowest BCUT2D eigenvalue weighted by molar-refractivity contribution is -0.166. The summed E-state index contributed by atoms with van der Waals surface area (Å²) in [7, 11) is 0. The lowest BCUT2D eigenvalue weighted by atomic mass is 9.66. The Kier molecular flexibility index (Phi) is 4.47. The van der Waals surface area contributed by atoms with Crippen LogP contribution in [0.5, 0.6) is 0 Å². The highest BCUT2D eigenvalue weighted by Gasteiger charge is 2.43. The molecule has 1 N–H and O–H groups in total. The monoisotopic (exact) mass is 256 g/mol. The average Bonchev–Trinajstić information content (AvgIpc) is 2.13. The van der Waals surface area contributed by atoms with Crippen LogP contribution in [0.2, 0.25) is 0 Å². The van der Waals surface area contributed by atoms with Crippen LogP contribution < -0.4 is 0 Å². The topological polar surface area (TPSA) is 46.5 Å². The smallest absolute Gasteiger partial charge is 0.305 e. The Morgan fingerprint density at radius 3 is 2.06 bits per heavy atom. The molecule has 1 aliphatic heterocycles. The number of carbonyl (C=O) groups is 1. The first kappa shape index (κ1) is 15.5. The van der Waals surface area contributed by atoms with Crippen LogP contribution in [0.25, 0.3) is 0 Å². The highest BCUT2D eigenvalue weighted by Crippen LogP contribution is 2.45. The highest BCUT2D eigenvalue weighted by molar-refractivity contribution is 5.67. The first-order chi connectivity index (χ1) is 8.01. The molecule has 18 heavy (non-hydrogen) atoms. The standard InChI is InChI=1S/C15H28O3/c1-14(2,3)11-8-7-10(9-12(16)17)18-13(11)15(4,5)6/h10-11,13H,7-9H2,1-6H3,(H,16,17). The zero-order chi connectivity index (χ0) is 14.1. The molecule has 0 bridgehead atoms. The van der Waals surface area contributed by atoms with Crippen LogP contribution in [0.15, 0.2) is 0 Å². The second kappa shape index (κ2) is 5.20. The maximum atomic E-state index is 10.8. The van der Waals surface area contributed by atoms with E-state index in [9.17, 15) is 4.79 Å². The lowest BCUT2D eigenvalue weighted by Gasteiger charge is -2.48. The minimum Gasteiger partial charge on any atom is -0.481 e. The number of aliphatic carboxylic acids is 1. The summed E-state index contributed by atoms with van der Waals surface area (Å²) in [5.41, 5.74) is 0.251. The molecule has 0 saturated carbocycles. The number of ether oxygens (including phenoxy) is 1. The third-order valence-electron chi connectivity index (χ3n) is 3.87. The van der Waals surface area contributed by atoms with Gasteiger partial charge in [-0.25, -0.2) is 0 Å². The van der Waals surface area contributed by atoms with Crippen molar-refractivity contribution in [3.05, 3.63) is 0 Å². The SMILES string of the molecule is CC(C)(C)C1CCC(CC(=O)O)OC1C(C)(C)C. The van der Waals surface area contributed by atoms with E-state index in [1.165, 1.54) is 0 Å². The Bertz CT molecular complexity index is 296. The van der Waals surface area contributed by atoms with Crippen LogP contribution in [-0.2, 0) is 9.53 Å². The van der Waals surface area contributed by atoms with Gasteiger partial charge in [-0.1, -0.05) is 41.5 Å². The third kappa shape index (κ3) is 3.98. The number of carboxylic acid groups (broad SMARTS) is 1. The summed E-state index contributed by atoms with van der Waals surface area (Å²) >= 11 is 0. The van der Waals surface area contributed by atoms with Crippen LogP contribution in [0.1, 0.15) is 60.8 Å².